The fourth-order valence-corrected chi connectivity index (χ4v) is 2.79. The molecule has 0 saturated heterocycles. The molecule has 1 aliphatic rings. The number of aliphatic imine (C=N–C) groups is 1. The van der Waals surface area contributed by atoms with Crippen molar-refractivity contribution in [1.29, 1.82) is 0 Å². The van der Waals surface area contributed by atoms with Gasteiger partial charge in [0.15, 0.2) is 17.5 Å². The Hall–Kier alpha value is -1.56. The number of benzene rings is 1. The number of nitrogens with one attached hydrogen (secondary N) is 2. The molecule has 7 nitrogen and oxygen atoms in total. The van der Waals surface area contributed by atoms with E-state index in [0.29, 0.717) is 23.0 Å². The summed E-state index contributed by atoms with van der Waals surface area (Å²) in [5, 5.41) is 6.34. The van der Waals surface area contributed by atoms with Crippen LogP contribution in [0.4, 0.5) is 8.78 Å². The smallest absolute Gasteiger partial charge is 0.387 e. The predicted octanol–water partition coefficient (Wildman–Crippen LogP) is 3.03. The first-order valence-corrected chi connectivity index (χ1v) is 9.11. The second-order valence-electron chi connectivity index (χ2n) is 5.98. The van der Waals surface area contributed by atoms with Crippen LogP contribution in [0.15, 0.2) is 17.1 Å². The average molecular weight is 514 g/mol. The largest absolute Gasteiger partial charge is 0.454 e. The fourth-order valence-electron chi connectivity index (χ4n) is 2.79. The summed E-state index contributed by atoms with van der Waals surface area (Å²) in [6.45, 7) is 5.36. The van der Waals surface area contributed by atoms with Gasteiger partial charge in [-0.05, 0) is 25.6 Å². The Labute approximate surface area is 181 Å². The van der Waals surface area contributed by atoms with E-state index in [2.05, 4.69) is 39.1 Å². The lowest BCUT2D eigenvalue weighted by Crippen LogP contribution is -2.41. The van der Waals surface area contributed by atoms with E-state index < -0.39 is 6.61 Å². The summed E-state index contributed by atoms with van der Waals surface area (Å²) in [5.41, 5.74) is 0.531. The van der Waals surface area contributed by atoms with E-state index in [9.17, 15) is 8.78 Å². The molecule has 0 spiro atoms. The van der Waals surface area contributed by atoms with Crippen LogP contribution in [0.25, 0.3) is 0 Å². The number of hydrogen-bond acceptors (Lipinski definition) is 5. The van der Waals surface area contributed by atoms with Crippen LogP contribution in [0.2, 0.25) is 0 Å². The quantitative estimate of drug-likeness (QED) is 0.285. The lowest BCUT2D eigenvalue weighted by Gasteiger charge is -2.20. The Morgan fingerprint density at radius 2 is 1.93 bits per heavy atom. The van der Waals surface area contributed by atoms with Gasteiger partial charge in [-0.3, -0.25) is 4.99 Å². The van der Waals surface area contributed by atoms with E-state index in [1.54, 1.807) is 13.1 Å². The first-order valence-electron chi connectivity index (χ1n) is 9.11. The second-order valence-corrected chi connectivity index (χ2v) is 5.98. The number of guanidine groups is 1. The van der Waals surface area contributed by atoms with E-state index >= 15 is 0 Å². The molecule has 0 amide bonds. The predicted molar refractivity (Wildman–Crippen MR) is 115 cm³/mol. The van der Waals surface area contributed by atoms with Gasteiger partial charge in [-0.15, -0.1) is 24.0 Å². The molecule has 0 atom stereocenters. The van der Waals surface area contributed by atoms with Crippen molar-refractivity contribution >= 4 is 29.9 Å². The number of likely N-dealkylation sites (N-methyl/N-ethyl adjacent to an activating group) is 1. The minimum Gasteiger partial charge on any atom is -0.454 e. The standard InChI is InChI=1S/C18H28F2N4O3.HI/c1-4-7-24(5-2)8-6-22-18(21-3)23-11-13-9-15-16(26-12-25-15)10-14(13)27-17(19)20;/h9-10,17H,4-8,11-12H2,1-3H3,(H2,21,22,23);1H. The highest BCUT2D eigenvalue weighted by molar-refractivity contribution is 14.0. The summed E-state index contributed by atoms with van der Waals surface area (Å²) in [6.07, 6.45) is 1.11. The van der Waals surface area contributed by atoms with Crippen LogP contribution >= 0.6 is 24.0 Å². The van der Waals surface area contributed by atoms with Crippen molar-refractivity contribution in [1.82, 2.24) is 15.5 Å². The molecule has 28 heavy (non-hydrogen) atoms. The summed E-state index contributed by atoms with van der Waals surface area (Å²) >= 11 is 0. The Kier molecular flexibility index (Phi) is 11.2. The van der Waals surface area contributed by atoms with Gasteiger partial charge < -0.3 is 29.7 Å². The Bertz CT molecular complexity index is 635. The van der Waals surface area contributed by atoms with Crippen LogP contribution in [-0.4, -0.2) is 57.5 Å². The van der Waals surface area contributed by atoms with Gasteiger partial charge in [-0.1, -0.05) is 13.8 Å². The van der Waals surface area contributed by atoms with Crippen molar-refractivity contribution in [3.05, 3.63) is 17.7 Å². The topological polar surface area (TPSA) is 67.4 Å². The molecule has 2 N–H and O–H groups in total. The van der Waals surface area contributed by atoms with Gasteiger partial charge in [0.1, 0.15) is 5.75 Å². The molecule has 1 heterocycles. The Morgan fingerprint density at radius 3 is 2.54 bits per heavy atom. The highest BCUT2D eigenvalue weighted by Gasteiger charge is 2.20. The number of nitrogens with zero attached hydrogens (tertiary/aromatic N) is 2. The summed E-state index contributed by atoms with van der Waals surface area (Å²) in [7, 11) is 1.66. The first-order chi connectivity index (χ1) is 13.1. The van der Waals surface area contributed by atoms with Gasteiger partial charge in [-0.25, -0.2) is 0 Å². The van der Waals surface area contributed by atoms with Gasteiger partial charge >= 0.3 is 6.61 Å². The number of ether oxygens (including phenoxy) is 3. The van der Waals surface area contributed by atoms with Crippen LogP contribution < -0.4 is 24.8 Å². The molecular weight excluding hydrogens is 485 g/mol. The molecule has 0 radical (unpaired) electrons. The van der Waals surface area contributed by atoms with Crippen molar-refractivity contribution in [2.45, 2.75) is 33.4 Å². The van der Waals surface area contributed by atoms with Gasteiger partial charge in [0.05, 0.1) is 0 Å². The maximum atomic E-state index is 12.7. The zero-order chi connectivity index (χ0) is 19.6. The first kappa shape index (κ1) is 24.5. The molecule has 0 bridgehead atoms. The SMILES string of the molecule is CCCN(CC)CCNC(=NC)NCc1cc2c(cc1OC(F)F)OCO2.I. The maximum Gasteiger partial charge on any atom is 0.387 e. The Morgan fingerprint density at radius 1 is 1.21 bits per heavy atom. The van der Waals surface area contributed by atoms with Crippen molar-refractivity contribution in [2.24, 2.45) is 4.99 Å². The highest BCUT2D eigenvalue weighted by Crippen LogP contribution is 2.38. The molecule has 0 unspecified atom stereocenters. The van der Waals surface area contributed by atoms with Crippen molar-refractivity contribution in [3.63, 3.8) is 0 Å². The van der Waals surface area contributed by atoms with Crippen LogP contribution in [0.5, 0.6) is 17.2 Å². The molecule has 160 valence electrons. The average Bonchev–Trinajstić information content (AvgIpc) is 3.10. The number of alkyl halides is 2. The summed E-state index contributed by atoms with van der Waals surface area (Å²) in [4.78, 5) is 6.51. The van der Waals surface area contributed by atoms with Gasteiger partial charge in [-0.2, -0.15) is 8.78 Å². The number of rotatable bonds is 10. The molecule has 0 saturated carbocycles. The minimum absolute atomic E-state index is 0. The molecular formula is C18H29F2IN4O3. The number of hydrogen-bond donors (Lipinski definition) is 2. The summed E-state index contributed by atoms with van der Waals surface area (Å²) in [5.74, 6) is 1.54. The molecule has 0 aromatic heterocycles. The van der Waals surface area contributed by atoms with E-state index in [0.717, 1.165) is 32.6 Å². The van der Waals surface area contributed by atoms with E-state index in [1.165, 1.54) is 6.07 Å². The third kappa shape index (κ3) is 7.46. The van der Waals surface area contributed by atoms with Gasteiger partial charge in [0.25, 0.3) is 0 Å². The van der Waals surface area contributed by atoms with Crippen LogP contribution in [0.1, 0.15) is 25.8 Å². The van der Waals surface area contributed by atoms with Gasteiger partial charge in [0, 0.05) is 38.3 Å². The minimum atomic E-state index is -2.92. The second kappa shape index (κ2) is 12.8. The maximum absolute atomic E-state index is 12.7. The van der Waals surface area contributed by atoms with E-state index in [4.69, 9.17) is 9.47 Å². The molecule has 2 rings (SSSR count). The highest BCUT2D eigenvalue weighted by atomic mass is 127. The fraction of sp³-hybridized carbons (Fsp3) is 0.611. The zero-order valence-corrected chi connectivity index (χ0v) is 18.8. The third-order valence-electron chi connectivity index (χ3n) is 4.15. The van der Waals surface area contributed by atoms with E-state index in [-0.39, 0.29) is 43.1 Å². The molecule has 1 aromatic carbocycles. The van der Waals surface area contributed by atoms with Gasteiger partial charge in [0.2, 0.25) is 6.79 Å². The zero-order valence-electron chi connectivity index (χ0n) is 16.5. The van der Waals surface area contributed by atoms with Crippen molar-refractivity contribution in [2.75, 3.05) is 40.0 Å². The molecule has 0 fully saturated rings. The monoisotopic (exact) mass is 514 g/mol. The molecule has 10 heteroatoms. The summed E-state index contributed by atoms with van der Waals surface area (Å²) in [6, 6.07) is 3.06. The molecule has 1 aromatic rings. The van der Waals surface area contributed by atoms with Crippen LogP contribution in [0.3, 0.4) is 0 Å². The number of halogens is 3. The molecule has 1 aliphatic heterocycles. The summed E-state index contributed by atoms with van der Waals surface area (Å²) < 4.78 is 40.6. The molecule has 0 aliphatic carbocycles. The van der Waals surface area contributed by atoms with E-state index in [1.807, 2.05) is 0 Å². The number of fused-ring (bicyclic) bond motifs is 1. The van der Waals surface area contributed by atoms with Crippen molar-refractivity contribution < 1.29 is 23.0 Å². The Balaban J connectivity index is 0.00000392. The lowest BCUT2D eigenvalue weighted by molar-refractivity contribution is -0.0505. The van der Waals surface area contributed by atoms with Crippen molar-refractivity contribution in [3.8, 4) is 17.2 Å². The normalized spacial score (nSPS) is 12.9. The van der Waals surface area contributed by atoms with Crippen LogP contribution in [0, 0.1) is 0 Å². The van der Waals surface area contributed by atoms with Crippen LogP contribution in [-0.2, 0) is 6.54 Å². The lowest BCUT2D eigenvalue weighted by atomic mass is 10.1. The third-order valence-corrected chi connectivity index (χ3v) is 4.15.